The molecule has 6 nitrogen and oxygen atoms in total. The highest BCUT2D eigenvalue weighted by Crippen LogP contribution is 2.28. The third-order valence-corrected chi connectivity index (χ3v) is 6.52. The second kappa shape index (κ2) is 10.3. The highest BCUT2D eigenvalue weighted by molar-refractivity contribution is 9.10. The summed E-state index contributed by atoms with van der Waals surface area (Å²) in [5.74, 6) is -0.663. The topological polar surface area (TPSA) is 84.0 Å². The quantitative estimate of drug-likeness (QED) is 0.405. The van der Waals surface area contributed by atoms with Crippen LogP contribution in [-0.4, -0.2) is 28.1 Å². The normalized spacial score (nSPS) is 12.8. The van der Waals surface area contributed by atoms with Gasteiger partial charge in [-0.25, -0.2) is 0 Å². The molecule has 3 rings (SSSR count). The summed E-state index contributed by atoms with van der Waals surface area (Å²) in [6, 6.07) is 14.0. The zero-order valence-electron chi connectivity index (χ0n) is 16.4. The van der Waals surface area contributed by atoms with Crippen LogP contribution in [0.5, 0.6) is 0 Å². The minimum Gasteiger partial charge on any atom is -0.340 e. The van der Waals surface area contributed by atoms with Gasteiger partial charge in [0.25, 0.3) is 5.91 Å². The molecule has 0 saturated carbocycles. The number of amides is 2. The van der Waals surface area contributed by atoms with Gasteiger partial charge < -0.3 is 5.32 Å². The molecular formula is C21H20Br2N4O2S. The summed E-state index contributed by atoms with van der Waals surface area (Å²) in [5.41, 5.74) is 1.40. The molecule has 3 aromatic rings. The highest BCUT2D eigenvalue weighted by Gasteiger charge is 2.27. The Balaban J connectivity index is 1.73. The third kappa shape index (κ3) is 5.74. The van der Waals surface area contributed by atoms with Crippen LogP contribution in [-0.2, 0) is 4.79 Å². The maximum absolute atomic E-state index is 12.9. The molecule has 0 aliphatic carbocycles. The van der Waals surface area contributed by atoms with Crippen molar-refractivity contribution in [1.29, 1.82) is 0 Å². The van der Waals surface area contributed by atoms with Crippen LogP contribution < -0.4 is 10.6 Å². The first-order valence-corrected chi connectivity index (χ1v) is 11.7. The van der Waals surface area contributed by atoms with Gasteiger partial charge in [-0.15, -0.1) is 10.2 Å². The lowest BCUT2D eigenvalue weighted by Crippen LogP contribution is -2.47. The van der Waals surface area contributed by atoms with Gasteiger partial charge in [0.2, 0.25) is 11.0 Å². The van der Waals surface area contributed by atoms with Crippen LogP contribution in [0.1, 0.15) is 30.6 Å². The molecule has 2 unspecified atom stereocenters. The molecule has 156 valence electrons. The number of carbonyl (C=O) groups is 2. The van der Waals surface area contributed by atoms with E-state index >= 15 is 0 Å². The van der Waals surface area contributed by atoms with Crippen molar-refractivity contribution in [3.05, 3.63) is 63.0 Å². The molecule has 0 spiro atoms. The molecule has 0 fully saturated rings. The molecule has 9 heteroatoms. The molecule has 1 aromatic heterocycles. The first-order valence-electron chi connectivity index (χ1n) is 9.34. The summed E-state index contributed by atoms with van der Waals surface area (Å²) in [4.78, 5) is 25.6. The van der Waals surface area contributed by atoms with Gasteiger partial charge in [-0.1, -0.05) is 75.6 Å². The van der Waals surface area contributed by atoms with E-state index in [1.54, 1.807) is 24.3 Å². The van der Waals surface area contributed by atoms with Gasteiger partial charge in [0.05, 0.1) is 0 Å². The minimum absolute atomic E-state index is 0.0538. The lowest BCUT2D eigenvalue weighted by atomic mass is 9.98. The molecule has 0 aliphatic heterocycles. The van der Waals surface area contributed by atoms with Gasteiger partial charge in [0, 0.05) is 20.1 Å². The van der Waals surface area contributed by atoms with Crippen LogP contribution in [0.3, 0.4) is 0 Å². The predicted molar refractivity (Wildman–Crippen MR) is 127 cm³/mol. The van der Waals surface area contributed by atoms with Gasteiger partial charge in [-0.2, -0.15) is 0 Å². The monoisotopic (exact) mass is 550 g/mol. The van der Waals surface area contributed by atoms with E-state index < -0.39 is 6.04 Å². The third-order valence-electron chi connectivity index (χ3n) is 4.62. The van der Waals surface area contributed by atoms with Gasteiger partial charge in [0.1, 0.15) is 11.0 Å². The molecule has 30 heavy (non-hydrogen) atoms. The number of hydrogen-bond donors (Lipinski definition) is 2. The number of carbonyl (C=O) groups excluding carboxylic acids is 2. The summed E-state index contributed by atoms with van der Waals surface area (Å²) in [6.07, 6.45) is 0.734. The Hall–Kier alpha value is -2.10. The van der Waals surface area contributed by atoms with Crippen molar-refractivity contribution in [3.63, 3.8) is 0 Å². The van der Waals surface area contributed by atoms with Crippen LogP contribution in [0.2, 0.25) is 0 Å². The van der Waals surface area contributed by atoms with Gasteiger partial charge in [-0.3, -0.25) is 14.9 Å². The number of nitrogens with zero attached hydrogens (tertiary/aromatic N) is 2. The molecule has 0 saturated heterocycles. The molecule has 0 aliphatic rings. The molecule has 2 aromatic carbocycles. The number of hydrogen-bond acceptors (Lipinski definition) is 5. The summed E-state index contributed by atoms with van der Waals surface area (Å²) in [5, 5.41) is 15.0. The van der Waals surface area contributed by atoms with Crippen molar-refractivity contribution in [2.45, 2.75) is 26.3 Å². The Morgan fingerprint density at radius 1 is 1.07 bits per heavy atom. The zero-order valence-corrected chi connectivity index (χ0v) is 20.3. The largest absolute Gasteiger partial charge is 0.340 e. The Labute approximate surface area is 195 Å². The Morgan fingerprint density at radius 2 is 1.80 bits per heavy atom. The van der Waals surface area contributed by atoms with Crippen molar-refractivity contribution in [1.82, 2.24) is 15.5 Å². The predicted octanol–water partition coefficient (Wildman–Crippen LogP) is 5.51. The molecular weight excluding hydrogens is 532 g/mol. The van der Waals surface area contributed by atoms with Crippen LogP contribution in [0, 0.1) is 5.92 Å². The number of halogens is 2. The van der Waals surface area contributed by atoms with Crippen molar-refractivity contribution in [2.24, 2.45) is 5.92 Å². The fraction of sp³-hybridized carbons (Fsp3) is 0.238. The number of aromatic nitrogens is 2. The minimum atomic E-state index is -0.690. The summed E-state index contributed by atoms with van der Waals surface area (Å²) < 4.78 is 1.82. The second-order valence-electron chi connectivity index (χ2n) is 6.76. The van der Waals surface area contributed by atoms with E-state index in [-0.39, 0.29) is 17.7 Å². The smallest absolute Gasteiger partial charge is 0.251 e. The summed E-state index contributed by atoms with van der Waals surface area (Å²) in [6.45, 7) is 3.91. The maximum Gasteiger partial charge on any atom is 0.251 e. The highest BCUT2D eigenvalue weighted by atomic mass is 79.9. The van der Waals surface area contributed by atoms with Gasteiger partial charge >= 0.3 is 0 Å². The molecule has 1 heterocycles. The average molecular weight is 552 g/mol. The standard InChI is InChI=1S/C21H20Br2N4O2S/c1-3-12(2)17(24-18(28)13-7-9-15(22)10-8-13)19(29)25-21-27-26-20(30-21)14-5-4-6-16(23)11-14/h4-12,17H,3H2,1-2H3,(H,24,28)(H,25,27,29). The molecule has 2 atom stereocenters. The molecule has 2 N–H and O–H groups in total. The zero-order chi connectivity index (χ0) is 21.7. The van der Waals surface area contributed by atoms with Crippen LogP contribution in [0.15, 0.2) is 57.5 Å². The average Bonchev–Trinajstić information content (AvgIpc) is 3.20. The lowest BCUT2D eigenvalue weighted by molar-refractivity contribution is -0.119. The number of benzene rings is 2. The first kappa shape index (κ1) is 22.6. The molecule has 2 amide bonds. The van der Waals surface area contributed by atoms with E-state index in [0.29, 0.717) is 15.7 Å². The lowest BCUT2D eigenvalue weighted by Gasteiger charge is -2.23. The van der Waals surface area contributed by atoms with Crippen LogP contribution in [0.25, 0.3) is 10.6 Å². The number of rotatable bonds is 7. The van der Waals surface area contributed by atoms with E-state index in [1.807, 2.05) is 38.1 Å². The fourth-order valence-corrected chi connectivity index (χ4v) is 4.13. The number of anilines is 1. The van der Waals surface area contributed by atoms with Crippen molar-refractivity contribution < 1.29 is 9.59 Å². The van der Waals surface area contributed by atoms with E-state index in [0.717, 1.165) is 20.9 Å². The molecule has 0 radical (unpaired) electrons. The molecule has 0 bridgehead atoms. The Bertz CT molecular complexity index is 1040. The van der Waals surface area contributed by atoms with Crippen molar-refractivity contribution in [2.75, 3.05) is 5.32 Å². The van der Waals surface area contributed by atoms with Crippen molar-refractivity contribution in [3.8, 4) is 10.6 Å². The van der Waals surface area contributed by atoms with Crippen molar-refractivity contribution >= 4 is 60.1 Å². The van der Waals surface area contributed by atoms with Gasteiger partial charge in [0.15, 0.2) is 0 Å². The van der Waals surface area contributed by atoms with E-state index in [9.17, 15) is 9.59 Å². The maximum atomic E-state index is 12.9. The van der Waals surface area contributed by atoms with E-state index in [1.165, 1.54) is 11.3 Å². The van der Waals surface area contributed by atoms with Gasteiger partial charge in [-0.05, 0) is 42.3 Å². The van der Waals surface area contributed by atoms with E-state index in [2.05, 4.69) is 52.7 Å². The Kier molecular flexibility index (Phi) is 7.74. The summed E-state index contributed by atoms with van der Waals surface area (Å²) in [7, 11) is 0. The first-order chi connectivity index (χ1) is 14.4. The Morgan fingerprint density at radius 3 is 2.47 bits per heavy atom. The summed E-state index contributed by atoms with van der Waals surface area (Å²) >= 11 is 8.08. The second-order valence-corrected chi connectivity index (χ2v) is 9.56. The van der Waals surface area contributed by atoms with Crippen LogP contribution in [0.4, 0.5) is 5.13 Å². The SMILES string of the molecule is CCC(C)C(NC(=O)c1ccc(Br)cc1)C(=O)Nc1nnc(-c2cccc(Br)c2)s1. The fourth-order valence-electron chi connectivity index (χ4n) is 2.72. The number of nitrogens with one attached hydrogen (secondary N) is 2. The van der Waals surface area contributed by atoms with E-state index in [4.69, 9.17) is 0 Å². The van der Waals surface area contributed by atoms with Crippen LogP contribution >= 0.6 is 43.2 Å².